The highest BCUT2D eigenvalue weighted by atomic mass is 19.2. The van der Waals surface area contributed by atoms with Crippen LogP contribution in [0.3, 0.4) is 0 Å². The molecule has 3 N–H and O–H groups in total. The first-order valence-corrected chi connectivity index (χ1v) is 5.97. The fourth-order valence-corrected chi connectivity index (χ4v) is 1.87. The van der Waals surface area contributed by atoms with Gasteiger partial charge in [0.25, 0.3) is 0 Å². The van der Waals surface area contributed by atoms with Crippen LogP contribution in [0.2, 0.25) is 0 Å². The molecular weight excluding hydrogens is 279 g/mol. The summed E-state index contributed by atoms with van der Waals surface area (Å²) in [6.07, 6.45) is 5.51. The largest absolute Gasteiger partial charge is 0.376 e. The minimum absolute atomic E-state index is 0.377. The summed E-state index contributed by atoms with van der Waals surface area (Å²) >= 11 is 0. The van der Waals surface area contributed by atoms with Gasteiger partial charge in [0.05, 0.1) is 11.9 Å². The van der Waals surface area contributed by atoms with Crippen molar-refractivity contribution >= 4 is 5.57 Å². The Labute approximate surface area is 119 Å². The van der Waals surface area contributed by atoms with E-state index in [-0.39, 0.29) is 0 Å². The van der Waals surface area contributed by atoms with E-state index in [4.69, 9.17) is 5.73 Å². The lowest BCUT2D eigenvalue weighted by atomic mass is 10.0. The smallest absolute Gasteiger partial charge is 0.185 e. The number of nitrogens with zero attached hydrogens (tertiary/aromatic N) is 1. The summed E-state index contributed by atoms with van der Waals surface area (Å²) in [5, 5.41) is 6.53. The quantitative estimate of drug-likeness (QED) is 0.666. The highest BCUT2D eigenvalue weighted by Crippen LogP contribution is 2.29. The van der Waals surface area contributed by atoms with Crippen LogP contribution < -0.4 is 5.73 Å². The van der Waals surface area contributed by atoms with E-state index in [9.17, 15) is 13.2 Å². The van der Waals surface area contributed by atoms with Crippen LogP contribution in [0.25, 0.3) is 16.8 Å². The Morgan fingerprint density at radius 1 is 1.29 bits per heavy atom. The molecule has 1 heterocycles. The zero-order valence-corrected chi connectivity index (χ0v) is 10.9. The third-order valence-electron chi connectivity index (χ3n) is 2.75. The van der Waals surface area contributed by atoms with Gasteiger partial charge in [-0.3, -0.25) is 5.10 Å². The van der Waals surface area contributed by atoms with Gasteiger partial charge in [-0.15, -0.1) is 0 Å². The van der Waals surface area contributed by atoms with Gasteiger partial charge in [-0.1, -0.05) is 18.7 Å². The molecule has 1 aromatic heterocycles. The van der Waals surface area contributed by atoms with Crippen molar-refractivity contribution in [1.82, 2.24) is 10.2 Å². The average molecular weight is 291 g/mol. The zero-order valence-electron chi connectivity index (χ0n) is 10.9. The number of H-pyrrole nitrogens is 1. The third-order valence-corrected chi connectivity index (χ3v) is 2.75. The van der Waals surface area contributed by atoms with E-state index >= 15 is 0 Å². The number of hydrogen-bond acceptors (Lipinski definition) is 2. The maximum Gasteiger partial charge on any atom is 0.185 e. The van der Waals surface area contributed by atoms with Gasteiger partial charge >= 0.3 is 0 Å². The molecule has 108 valence electrons. The van der Waals surface area contributed by atoms with E-state index in [1.165, 1.54) is 24.4 Å². The van der Waals surface area contributed by atoms with E-state index in [0.717, 1.165) is 18.2 Å². The summed E-state index contributed by atoms with van der Waals surface area (Å²) in [6, 6.07) is 3.43. The number of nitrogens with one attached hydrogen (secondary N) is 1. The highest BCUT2D eigenvalue weighted by molar-refractivity contribution is 5.84. The van der Waals surface area contributed by atoms with Gasteiger partial charge < -0.3 is 5.73 Å². The second kappa shape index (κ2) is 6.13. The van der Waals surface area contributed by atoms with Gasteiger partial charge in [-0.2, -0.15) is 9.49 Å². The predicted octanol–water partition coefficient (Wildman–Crippen LogP) is 3.69. The van der Waals surface area contributed by atoms with Gasteiger partial charge in [0, 0.05) is 11.1 Å². The number of rotatable bonds is 4. The molecule has 0 saturated carbocycles. The first-order valence-electron chi connectivity index (χ1n) is 5.97. The average Bonchev–Trinajstić information content (AvgIpc) is 2.90. The van der Waals surface area contributed by atoms with Crippen LogP contribution in [0.1, 0.15) is 5.56 Å². The van der Waals surface area contributed by atoms with Crippen LogP contribution in [0.4, 0.5) is 13.2 Å². The molecule has 2 rings (SSSR count). The maximum atomic E-state index is 13.3. The Hall–Kier alpha value is -2.76. The number of aromatic nitrogens is 2. The Bertz CT molecular complexity index is 726. The van der Waals surface area contributed by atoms with Crippen molar-refractivity contribution in [3.63, 3.8) is 0 Å². The molecule has 21 heavy (non-hydrogen) atoms. The summed E-state index contributed by atoms with van der Waals surface area (Å²) in [5.74, 6) is -2.82. The number of halogens is 3. The van der Waals surface area contributed by atoms with Crippen molar-refractivity contribution < 1.29 is 13.2 Å². The van der Waals surface area contributed by atoms with Gasteiger partial charge in [-0.25, -0.2) is 8.78 Å². The minimum Gasteiger partial charge on any atom is -0.376 e. The maximum absolute atomic E-state index is 13.3. The van der Waals surface area contributed by atoms with Crippen LogP contribution >= 0.6 is 0 Å². The van der Waals surface area contributed by atoms with Crippen LogP contribution in [-0.2, 0) is 0 Å². The summed E-state index contributed by atoms with van der Waals surface area (Å²) in [6.45, 7) is 3.54. The van der Waals surface area contributed by atoms with E-state index < -0.39 is 17.6 Å². The Kier molecular flexibility index (Phi) is 4.27. The fourth-order valence-electron chi connectivity index (χ4n) is 1.87. The molecule has 0 fully saturated rings. The molecule has 1 aromatic carbocycles. The van der Waals surface area contributed by atoms with Crippen molar-refractivity contribution in [2.45, 2.75) is 0 Å². The van der Waals surface area contributed by atoms with Crippen LogP contribution in [-0.4, -0.2) is 10.2 Å². The van der Waals surface area contributed by atoms with Crippen molar-refractivity contribution in [2.24, 2.45) is 5.73 Å². The zero-order chi connectivity index (χ0) is 15.4. The van der Waals surface area contributed by atoms with Gasteiger partial charge in [0.15, 0.2) is 17.6 Å². The molecule has 6 heteroatoms. The lowest BCUT2D eigenvalue weighted by molar-refractivity contribution is 0.509. The lowest BCUT2D eigenvalue weighted by Crippen LogP contribution is -1.92. The molecule has 0 radical (unpaired) electrons. The molecular formula is C15H12F3N3. The van der Waals surface area contributed by atoms with Crippen molar-refractivity contribution in [1.29, 1.82) is 0 Å². The topological polar surface area (TPSA) is 54.7 Å². The molecule has 0 aliphatic carbocycles. The molecule has 0 amide bonds. The molecule has 0 saturated heterocycles. The minimum atomic E-state index is -0.983. The predicted molar refractivity (Wildman–Crippen MR) is 75.5 cm³/mol. The molecule has 0 unspecified atom stereocenters. The molecule has 2 aromatic rings. The standard InChI is InChI=1S/C15H12F3N3/c1-2-3-9(7-14(18)19)11-8-20-21-15(11)10-4-5-12(16)13(17)6-10/h2-8H,1,19H2,(H,20,21)/b9-3+,14-7-. The van der Waals surface area contributed by atoms with Gasteiger partial charge in [-0.05, 0) is 29.8 Å². The van der Waals surface area contributed by atoms with Crippen LogP contribution in [0.5, 0.6) is 0 Å². The second-order valence-electron chi connectivity index (χ2n) is 4.17. The molecule has 0 atom stereocenters. The van der Waals surface area contributed by atoms with E-state index in [1.807, 2.05) is 0 Å². The summed E-state index contributed by atoms with van der Waals surface area (Å²) in [5.41, 5.74) is 6.72. The summed E-state index contributed by atoms with van der Waals surface area (Å²) in [4.78, 5) is 0. The normalized spacial score (nSPS) is 12.5. The molecule has 0 aliphatic rings. The number of aromatic amines is 1. The molecule has 0 spiro atoms. The molecule has 3 nitrogen and oxygen atoms in total. The van der Waals surface area contributed by atoms with Crippen molar-refractivity contribution in [2.75, 3.05) is 0 Å². The number of allylic oxidation sites excluding steroid dienone is 4. The Morgan fingerprint density at radius 3 is 2.67 bits per heavy atom. The fraction of sp³-hybridized carbons (Fsp3) is 0. The first-order chi connectivity index (χ1) is 10.0. The number of nitrogens with two attached hydrogens (primary N) is 1. The Morgan fingerprint density at radius 2 is 2.05 bits per heavy atom. The second-order valence-corrected chi connectivity index (χ2v) is 4.17. The lowest BCUT2D eigenvalue weighted by Gasteiger charge is -2.05. The SMILES string of the molecule is C=C/C=C(\C=C(/N)F)c1cn[nH]c1-c1ccc(F)c(F)c1. The summed E-state index contributed by atoms with van der Waals surface area (Å²) in [7, 11) is 0. The highest BCUT2D eigenvalue weighted by Gasteiger charge is 2.13. The van der Waals surface area contributed by atoms with E-state index in [2.05, 4.69) is 16.8 Å². The van der Waals surface area contributed by atoms with Gasteiger partial charge in [0.1, 0.15) is 0 Å². The number of benzene rings is 1. The monoisotopic (exact) mass is 291 g/mol. The van der Waals surface area contributed by atoms with Crippen molar-refractivity contribution in [3.05, 3.63) is 72.4 Å². The molecule has 0 aliphatic heterocycles. The van der Waals surface area contributed by atoms with Crippen molar-refractivity contribution in [3.8, 4) is 11.3 Å². The number of hydrogen-bond donors (Lipinski definition) is 2. The van der Waals surface area contributed by atoms with E-state index in [1.54, 1.807) is 0 Å². The van der Waals surface area contributed by atoms with Crippen LogP contribution in [0, 0.1) is 11.6 Å². The summed E-state index contributed by atoms with van der Waals surface area (Å²) < 4.78 is 39.3. The first kappa shape index (κ1) is 14.6. The molecule has 0 bridgehead atoms. The van der Waals surface area contributed by atoms with Gasteiger partial charge in [0.2, 0.25) is 0 Å². The third kappa shape index (κ3) is 3.22. The Balaban J connectivity index is 2.56. The van der Waals surface area contributed by atoms with E-state index in [0.29, 0.717) is 22.4 Å². The van der Waals surface area contributed by atoms with Crippen LogP contribution in [0.15, 0.2) is 55.2 Å².